The van der Waals surface area contributed by atoms with Gasteiger partial charge in [-0.25, -0.2) is 9.97 Å². The second-order valence-electron chi connectivity index (χ2n) is 2.70. The topological polar surface area (TPSA) is 98.2 Å². The van der Waals surface area contributed by atoms with Crippen LogP contribution in [0.5, 0.6) is 0 Å². The second kappa shape index (κ2) is 3.86. The molecule has 0 saturated carbocycles. The van der Waals surface area contributed by atoms with Crippen molar-refractivity contribution < 1.29 is 4.92 Å². The molecule has 1 heterocycles. The van der Waals surface area contributed by atoms with E-state index in [9.17, 15) is 10.1 Å². The molecule has 0 bridgehead atoms. The Morgan fingerprint density at radius 1 is 1.64 bits per heavy atom. The lowest BCUT2D eigenvalue weighted by molar-refractivity contribution is -0.383. The van der Waals surface area contributed by atoms with Crippen molar-refractivity contribution >= 4 is 17.3 Å². The van der Waals surface area contributed by atoms with E-state index in [-0.39, 0.29) is 17.3 Å². The highest BCUT2D eigenvalue weighted by Gasteiger charge is 2.22. The van der Waals surface area contributed by atoms with Crippen molar-refractivity contribution in [2.75, 3.05) is 24.2 Å². The van der Waals surface area contributed by atoms with Crippen LogP contribution < -0.4 is 10.6 Å². The first-order chi connectivity index (χ1) is 6.57. The molecule has 0 aliphatic carbocycles. The molecule has 0 aromatic carbocycles. The Bertz CT molecular complexity index is 354. The van der Waals surface area contributed by atoms with Gasteiger partial charge in [0.2, 0.25) is 11.6 Å². The van der Waals surface area contributed by atoms with Crippen LogP contribution >= 0.6 is 0 Å². The smallest absolute Gasteiger partial charge is 0.353 e. The number of nitrogens with zero attached hydrogens (tertiary/aromatic N) is 4. The monoisotopic (exact) mass is 197 g/mol. The lowest BCUT2D eigenvalue weighted by Gasteiger charge is -2.14. The summed E-state index contributed by atoms with van der Waals surface area (Å²) >= 11 is 0. The third-order valence-corrected chi connectivity index (χ3v) is 1.85. The summed E-state index contributed by atoms with van der Waals surface area (Å²) in [5.41, 5.74) is 5.16. The molecule has 2 N–H and O–H groups in total. The van der Waals surface area contributed by atoms with Crippen molar-refractivity contribution in [3.63, 3.8) is 0 Å². The fourth-order valence-electron chi connectivity index (χ4n) is 0.987. The van der Waals surface area contributed by atoms with Crippen LogP contribution in [0.25, 0.3) is 0 Å². The number of nitrogens with two attached hydrogens (primary N) is 1. The molecule has 0 unspecified atom stereocenters. The summed E-state index contributed by atoms with van der Waals surface area (Å²) in [5.74, 6) is 0.130. The summed E-state index contributed by atoms with van der Waals surface area (Å²) in [6.07, 6.45) is 1.21. The molecule has 1 rings (SSSR count). The maximum atomic E-state index is 10.7. The highest BCUT2D eigenvalue weighted by Crippen LogP contribution is 2.28. The average molecular weight is 197 g/mol. The molecule has 7 nitrogen and oxygen atoms in total. The van der Waals surface area contributed by atoms with Gasteiger partial charge in [-0.1, -0.05) is 0 Å². The first-order valence-electron chi connectivity index (χ1n) is 4.04. The van der Waals surface area contributed by atoms with Gasteiger partial charge in [-0.3, -0.25) is 10.1 Å². The van der Waals surface area contributed by atoms with Gasteiger partial charge in [0.15, 0.2) is 0 Å². The molecule has 76 valence electrons. The minimum Gasteiger partial charge on any atom is -0.378 e. The molecular weight excluding hydrogens is 186 g/mol. The summed E-state index contributed by atoms with van der Waals surface area (Å²) in [6.45, 7) is 2.47. The Morgan fingerprint density at radius 2 is 2.29 bits per heavy atom. The fourth-order valence-corrected chi connectivity index (χ4v) is 0.987. The van der Waals surface area contributed by atoms with E-state index in [4.69, 9.17) is 5.73 Å². The Hall–Kier alpha value is -1.92. The maximum Gasteiger partial charge on any atom is 0.353 e. The van der Waals surface area contributed by atoms with Crippen molar-refractivity contribution in [1.82, 2.24) is 9.97 Å². The Kier molecular flexibility index (Phi) is 2.80. The van der Waals surface area contributed by atoms with Gasteiger partial charge in [0.05, 0.1) is 4.92 Å². The second-order valence-corrected chi connectivity index (χ2v) is 2.70. The molecule has 14 heavy (non-hydrogen) atoms. The largest absolute Gasteiger partial charge is 0.378 e. The minimum absolute atomic E-state index is 0.111. The van der Waals surface area contributed by atoms with Crippen LogP contribution in [-0.2, 0) is 0 Å². The van der Waals surface area contributed by atoms with Crippen LogP contribution in [0.1, 0.15) is 6.92 Å². The third-order valence-electron chi connectivity index (χ3n) is 1.85. The first-order valence-corrected chi connectivity index (χ1v) is 4.04. The normalized spacial score (nSPS) is 9.86. The SMILES string of the molecule is CCN(C)c1ncnc(N)c1[N+](=O)[O-]. The number of anilines is 2. The molecule has 7 heteroatoms. The molecule has 1 aromatic heterocycles. The van der Waals surface area contributed by atoms with Crippen molar-refractivity contribution in [1.29, 1.82) is 0 Å². The number of nitro groups is 1. The van der Waals surface area contributed by atoms with E-state index >= 15 is 0 Å². The summed E-state index contributed by atoms with van der Waals surface area (Å²) in [5, 5.41) is 10.7. The highest BCUT2D eigenvalue weighted by molar-refractivity contribution is 5.67. The molecule has 0 saturated heterocycles. The van der Waals surface area contributed by atoms with Crippen LogP contribution in [0, 0.1) is 10.1 Å². The van der Waals surface area contributed by atoms with Crippen molar-refractivity contribution in [2.24, 2.45) is 0 Å². The van der Waals surface area contributed by atoms with Gasteiger partial charge < -0.3 is 10.6 Å². The summed E-state index contributed by atoms with van der Waals surface area (Å²) in [6, 6.07) is 0. The van der Waals surface area contributed by atoms with Crippen molar-refractivity contribution in [3.8, 4) is 0 Å². The fraction of sp³-hybridized carbons (Fsp3) is 0.429. The van der Waals surface area contributed by atoms with E-state index in [2.05, 4.69) is 9.97 Å². The Morgan fingerprint density at radius 3 is 2.79 bits per heavy atom. The molecule has 0 aliphatic heterocycles. The number of hydrogen-bond acceptors (Lipinski definition) is 6. The number of nitrogen functional groups attached to an aromatic ring is 1. The van der Waals surface area contributed by atoms with Gasteiger partial charge in [-0.15, -0.1) is 0 Å². The zero-order valence-electron chi connectivity index (χ0n) is 7.97. The number of aromatic nitrogens is 2. The van der Waals surface area contributed by atoms with E-state index in [1.165, 1.54) is 6.33 Å². The van der Waals surface area contributed by atoms with Gasteiger partial charge in [0.25, 0.3) is 0 Å². The molecule has 1 aromatic rings. The minimum atomic E-state index is -0.573. The van der Waals surface area contributed by atoms with Gasteiger partial charge in [-0.05, 0) is 6.92 Å². The molecule has 0 spiro atoms. The zero-order valence-corrected chi connectivity index (χ0v) is 7.97. The molecule has 0 fully saturated rings. The predicted octanol–water partition coefficient (Wildman–Crippen LogP) is 0.423. The summed E-state index contributed by atoms with van der Waals surface area (Å²) in [7, 11) is 1.70. The number of hydrogen-bond donors (Lipinski definition) is 1. The van der Waals surface area contributed by atoms with Crippen LogP contribution in [0.15, 0.2) is 6.33 Å². The van der Waals surface area contributed by atoms with E-state index in [1.54, 1.807) is 11.9 Å². The van der Waals surface area contributed by atoms with Crippen LogP contribution in [0.4, 0.5) is 17.3 Å². The molecule has 0 amide bonds. The van der Waals surface area contributed by atoms with E-state index in [1.807, 2.05) is 6.92 Å². The van der Waals surface area contributed by atoms with Crippen molar-refractivity contribution in [3.05, 3.63) is 16.4 Å². The zero-order chi connectivity index (χ0) is 10.7. The summed E-state index contributed by atoms with van der Waals surface area (Å²) < 4.78 is 0. The maximum absolute atomic E-state index is 10.7. The van der Waals surface area contributed by atoms with Gasteiger partial charge in [0, 0.05) is 13.6 Å². The van der Waals surface area contributed by atoms with Crippen molar-refractivity contribution in [2.45, 2.75) is 6.92 Å². The van der Waals surface area contributed by atoms with Crippen LogP contribution in [-0.4, -0.2) is 28.5 Å². The Balaban J connectivity index is 3.28. The molecule has 0 radical (unpaired) electrons. The van der Waals surface area contributed by atoms with Gasteiger partial charge >= 0.3 is 5.69 Å². The summed E-state index contributed by atoms with van der Waals surface area (Å²) in [4.78, 5) is 19.1. The van der Waals surface area contributed by atoms with Crippen LogP contribution in [0.3, 0.4) is 0 Å². The molecule has 0 atom stereocenters. The first kappa shape index (κ1) is 10.2. The standard InChI is InChI=1S/C7H11N5O2/c1-3-11(2)7-5(12(13)14)6(8)9-4-10-7/h4H,3H2,1-2H3,(H2,8,9,10). The quantitative estimate of drug-likeness (QED) is 0.557. The Labute approximate surface area is 80.7 Å². The molecule has 0 aliphatic rings. The average Bonchev–Trinajstić information content (AvgIpc) is 2.15. The predicted molar refractivity (Wildman–Crippen MR) is 52.0 cm³/mol. The number of rotatable bonds is 3. The van der Waals surface area contributed by atoms with Crippen LogP contribution in [0.2, 0.25) is 0 Å². The van der Waals surface area contributed by atoms with Gasteiger partial charge in [-0.2, -0.15) is 0 Å². The molecular formula is C7H11N5O2. The van der Waals surface area contributed by atoms with E-state index < -0.39 is 4.92 Å². The lowest BCUT2D eigenvalue weighted by atomic mass is 10.4. The third kappa shape index (κ3) is 1.70. The lowest BCUT2D eigenvalue weighted by Crippen LogP contribution is -2.19. The van der Waals surface area contributed by atoms with E-state index in [0.717, 1.165) is 0 Å². The van der Waals surface area contributed by atoms with Gasteiger partial charge in [0.1, 0.15) is 6.33 Å². The van der Waals surface area contributed by atoms with E-state index in [0.29, 0.717) is 6.54 Å². The highest BCUT2D eigenvalue weighted by atomic mass is 16.6.